The van der Waals surface area contributed by atoms with Crippen LogP contribution in [-0.4, -0.2) is 10.6 Å². The molecule has 0 fully saturated rings. The summed E-state index contributed by atoms with van der Waals surface area (Å²) in [6.45, 7) is 0. The first-order chi connectivity index (χ1) is 13.7. The second-order valence-electron chi connectivity index (χ2n) is 5.71. The third-order valence-corrected chi connectivity index (χ3v) is 3.72. The van der Waals surface area contributed by atoms with Gasteiger partial charge >= 0.3 is 6.18 Å². The number of rotatable bonds is 4. The smallest absolute Gasteiger partial charge is 0.420 e. The molecule has 1 heterocycles. The van der Waals surface area contributed by atoms with Gasteiger partial charge in [-0.25, -0.2) is 13.5 Å². The molecule has 0 saturated heterocycles. The van der Waals surface area contributed by atoms with E-state index in [-0.39, 0.29) is 0 Å². The lowest BCUT2D eigenvalue weighted by molar-refractivity contribution is -0.138. The van der Waals surface area contributed by atoms with E-state index in [9.17, 15) is 31.5 Å². The zero-order chi connectivity index (χ0) is 21.2. The number of benzene rings is 2. The number of carbonyl (C=O) groups excluding carboxylic acids is 1. The van der Waals surface area contributed by atoms with E-state index in [1.165, 1.54) is 18.3 Å². The molecule has 1 aromatic heterocycles. The second kappa shape index (κ2) is 7.74. The molecular weight excluding hydrogens is 399 g/mol. The third kappa shape index (κ3) is 4.42. The van der Waals surface area contributed by atoms with Gasteiger partial charge in [0.2, 0.25) is 0 Å². The normalized spacial score (nSPS) is 11.2. The van der Waals surface area contributed by atoms with Gasteiger partial charge in [0.05, 0.1) is 11.1 Å². The fourth-order valence-electron chi connectivity index (χ4n) is 2.41. The number of ether oxygens (including phenoxy) is 1. The van der Waals surface area contributed by atoms with E-state index in [0.717, 1.165) is 35.0 Å². The van der Waals surface area contributed by atoms with Gasteiger partial charge < -0.3 is 4.74 Å². The average Bonchev–Trinajstić information content (AvgIpc) is 2.65. The average molecular weight is 410 g/mol. The SMILES string of the molecule is O=C(Nn1ccccc1=O)c1cccc(C(F)(F)F)c1Oc1ccc(F)cc1F. The third-order valence-electron chi connectivity index (χ3n) is 3.72. The molecule has 0 saturated carbocycles. The van der Waals surface area contributed by atoms with Crippen LogP contribution in [0.4, 0.5) is 22.0 Å². The molecule has 10 heteroatoms. The van der Waals surface area contributed by atoms with Crippen LogP contribution >= 0.6 is 0 Å². The molecule has 0 radical (unpaired) electrons. The van der Waals surface area contributed by atoms with Crippen molar-refractivity contribution in [2.24, 2.45) is 0 Å². The highest BCUT2D eigenvalue weighted by molar-refractivity contribution is 6.02. The molecule has 3 aromatic rings. The highest BCUT2D eigenvalue weighted by Gasteiger charge is 2.37. The first-order valence-electron chi connectivity index (χ1n) is 7.99. The Hall–Kier alpha value is -3.69. The van der Waals surface area contributed by atoms with E-state index in [2.05, 4.69) is 5.43 Å². The highest BCUT2D eigenvalue weighted by atomic mass is 19.4. The molecular formula is C19H11F5N2O3. The molecule has 29 heavy (non-hydrogen) atoms. The Bertz CT molecular complexity index is 1130. The van der Waals surface area contributed by atoms with Crippen LogP contribution in [0.3, 0.4) is 0 Å². The van der Waals surface area contributed by atoms with E-state index in [4.69, 9.17) is 4.74 Å². The lowest BCUT2D eigenvalue weighted by atomic mass is 10.1. The van der Waals surface area contributed by atoms with Crippen molar-refractivity contribution in [1.82, 2.24) is 4.68 Å². The van der Waals surface area contributed by atoms with E-state index >= 15 is 0 Å². The maximum atomic E-state index is 13.9. The zero-order valence-electron chi connectivity index (χ0n) is 14.3. The van der Waals surface area contributed by atoms with Gasteiger partial charge in [-0.15, -0.1) is 0 Å². The summed E-state index contributed by atoms with van der Waals surface area (Å²) in [7, 11) is 0. The van der Waals surface area contributed by atoms with Gasteiger partial charge in [-0.2, -0.15) is 13.2 Å². The summed E-state index contributed by atoms with van der Waals surface area (Å²) in [6.07, 6.45) is -3.75. The van der Waals surface area contributed by atoms with E-state index < -0.39 is 51.9 Å². The van der Waals surface area contributed by atoms with Gasteiger partial charge in [-0.3, -0.25) is 15.0 Å². The van der Waals surface area contributed by atoms with Crippen molar-refractivity contribution >= 4 is 5.91 Å². The van der Waals surface area contributed by atoms with Gasteiger partial charge in [0.1, 0.15) is 5.82 Å². The van der Waals surface area contributed by atoms with Crippen LogP contribution in [0.25, 0.3) is 0 Å². The predicted molar refractivity (Wildman–Crippen MR) is 92.3 cm³/mol. The van der Waals surface area contributed by atoms with E-state index in [1.54, 1.807) is 0 Å². The largest absolute Gasteiger partial charge is 0.453 e. The zero-order valence-corrected chi connectivity index (χ0v) is 14.3. The van der Waals surface area contributed by atoms with Crippen LogP contribution < -0.4 is 15.7 Å². The maximum absolute atomic E-state index is 13.9. The minimum Gasteiger partial charge on any atom is -0.453 e. The first-order valence-corrected chi connectivity index (χ1v) is 7.99. The fourth-order valence-corrected chi connectivity index (χ4v) is 2.41. The fraction of sp³-hybridized carbons (Fsp3) is 0.0526. The lowest BCUT2D eigenvalue weighted by Gasteiger charge is -2.18. The van der Waals surface area contributed by atoms with Gasteiger partial charge in [0.25, 0.3) is 11.5 Å². The summed E-state index contributed by atoms with van der Waals surface area (Å²) in [5, 5.41) is 0. The Kier molecular flexibility index (Phi) is 5.35. The molecule has 3 rings (SSSR count). The summed E-state index contributed by atoms with van der Waals surface area (Å²) in [5.74, 6) is -5.03. The number of hydrogen-bond donors (Lipinski definition) is 1. The van der Waals surface area contributed by atoms with Crippen molar-refractivity contribution < 1.29 is 31.5 Å². The Labute approximate surface area is 159 Å². The topological polar surface area (TPSA) is 60.3 Å². The number of amides is 1. The molecule has 150 valence electrons. The van der Waals surface area contributed by atoms with Crippen molar-refractivity contribution in [1.29, 1.82) is 0 Å². The van der Waals surface area contributed by atoms with Crippen LogP contribution in [0.2, 0.25) is 0 Å². The van der Waals surface area contributed by atoms with E-state index in [0.29, 0.717) is 12.1 Å². The number of hydrogen-bond acceptors (Lipinski definition) is 3. The molecule has 2 aromatic carbocycles. The number of pyridine rings is 1. The molecule has 0 aliphatic heterocycles. The van der Waals surface area contributed by atoms with Gasteiger partial charge in [0, 0.05) is 18.3 Å². The van der Waals surface area contributed by atoms with Gasteiger partial charge in [0.15, 0.2) is 17.3 Å². The Morgan fingerprint density at radius 2 is 1.76 bits per heavy atom. The Morgan fingerprint density at radius 1 is 1.00 bits per heavy atom. The summed E-state index contributed by atoms with van der Waals surface area (Å²) in [4.78, 5) is 24.2. The van der Waals surface area contributed by atoms with Crippen LogP contribution in [0.1, 0.15) is 15.9 Å². The molecule has 0 aliphatic carbocycles. The summed E-state index contributed by atoms with van der Waals surface area (Å²) < 4.78 is 73.1. The number of carbonyl (C=O) groups is 1. The van der Waals surface area contributed by atoms with Crippen molar-refractivity contribution in [2.75, 3.05) is 5.43 Å². The number of para-hydroxylation sites is 1. The summed E-state index contributed by atoms with van der Waals surface area (Å²) >= 11 is 0. The van der Waals surface area contributed by atoms with Crippen LogP contribution in [0.15, 0.2) is 65.6 Å². The molecule has 0 spiro atoms. The summed E-state index contributed by atoms with van der Waals surface area (Å²) in [6, 6.07) is 8.56. The number of alkyl halides is 3. The molecule has 0 unspecified atom stereocenters. The number of aromatic nitrogens is 1. The Morgan fingerprint density at radius 3 is 2.41 bits per heavy atom. The highest BCUT2D eigenvalue weighted by Crippen LogP contribution is 2.40. The van der Waals surface area contributed by atoms with E-state index in [1.807, 2.05) is 0 Å². The molecule has 1 N–H and O–H groups in total. The van der Waals surface area contributed by atoms with Crippen molar-refractivity contribution in [3.63, 3.8) is 0 Å². The number of nitrogens with zero attached hydrogens (tertiary/aromatic N) is 1. The molecule has 5 nitrogen and oxygen atoms in total. The first kappa shape index (κ1) is 20.1. The van der Waals surface area contributed by atoms with Crippen molar-refractivity contribution in [3.05, 3.63) is 93.9 Å². The monoisotopic (exact) mass is 410 g/mol. The standard InChI is InChI=1S/C19H11F5N2O3/c20-11-7-8-15(14(21)10-11)29-17-12(4-3-5-13(17)19(22,23)24)18(28)25-26-9-2-1-6-16(26)27/h1-10H,(H,25,28). The van der Waals surface area contributed by atoms with Gasteiger partial charge in [-0.05, 0) is 30.3 Å². The van der Waals surface area contributed by atoms with Crippen LogP contribution in [-0.2, 0) is 6.18 Å². The van der Waals surface area contributed by atoms with Crippen molar-refractivity contribution in [3.8, 4) is 11.5 Å². The van der Waals surface area contributed by atoms with Crippen LogP contribution in [0.5, 0.6) is 11.5 Å². The minimum atomic E-state index is -4.94. The van der Waals surface area contributed by atoms with Crippen molar-refractivity contribution in [2.45, 2.75) is 6.18 Å². The quantitative estimate of drug-likeness (QED) is 0.652. The molecule has 0 aliphatic rings. The lowest BCUT2D eigenvalue weighted by Crippen LogP contribution is -2.32. The Balaban J connectivity index is 2.08. The van der Waals surface area contributed by atoms with Crippen LogP contribution in [0, 0.1) is 11.6 Å². The molecule has 1 amide bonds. The summed E-state index contributed by atoms with van der Waals surface area (Å²) in [5.41, 5.74) is -0.484. The molecule has 0 bridgehead atoms. The van der Waals surface area contributed by atoms with Gasteiger partial charge in [-0.1, -0.05) is 12.1 Å². The number of halogens is 5. The minimum absolute atomic E-state index is 0.425. The predicted octanol–water partition coefficient (Wildman–Crippen LogP) is 4.32. The maximum Gasteiger partial charge on any atom is 0.420 e. The number of nitrogens with one attached hydrogen (secondary N) is 1. The molecule has 0 atom stereocenters. The second-order valence-corrected chi connectivity index (χ2v) is 5.71.